The molecule has 7 aromatic carbocycles. The standard InChI is InChI=1S/C50H46N6/c1-35-33-44-45(36-25-29-42(30-26-36)55(38-17-9-5-10-18-38)39-19-11-6-12-20-39)47(51)48(52)46(49(44)53-54(35)34-50(2,3)4)37-27-31-43(32-28-37)56(40-21-13-7-14-22-40)41-23-15-8-16-24-41/h5-32H,34,51-52H2,1-4H3. The van der Waals surface area contributed by atoms with E-state index in [4.69, 9.17) is 16.6 Å². The number of nitrogens with zero attached hydrogens (tertiary/aromatic N) is 4. The summed E-state index contributed by atoms with van der Waals surface area (Å²) in [5.74, 6) is 0. The van der Waals surface area contributed by atoms with E-state index in [0.717, 1.165) is 79.2 Å². The molecule has 56 heavy (non-hydrogen) atoms. The zero-order valence-corrected chi connectivity index (χ0v) is 32.3. The molecule has 0 fully saturated rings. The van der Waals surface area contributed by atoms with Crippen molar-refractivity contribution in [3.8, 4) is 22.3 Å². The molecule has 8 rings (SSSR count). The van der Waals surface area contributed by atoms with Crippen molar-refractivity contribution in [3.05, 3.63) is 186 Å². The molecule has 0 unspecified atom stereocenters. The van der Waals surface area contributed by atoms with Gasteiger partial charge in [0, 0.05) is 51.8 Å². The van der Waals surface area contributed by atoms with Crippen LogP contribution in [0.2, 0.25) is 0 Å². The Labute approximate surface area is 329 Å². The Bertz CT molecular complexity index is 2550. The van der Waals surface area contributed by atoms with Crippen molar-refractivity contribution >= 4 is 51.2 Å². The van der Waals surface area contributed by atoms with Crippen LogP contribution in [0, 0.1) is 5.41 Å². The molecule has 276 valence electrons. The second-order valence-electron chi connectivity index (χ2n) is 15.3. The predicted octanol–water partition coefficient (Wildman–Crippen LogP) is 11.3. The van der Waals surface area contributed by atoms with Crippen molar-refractivity contribution < 1.29 is 0 Å². The van der Waals surface area contributed by atoms with Crippen molar-refractivity contribution in [1.82, 2.24) is 5.01 Å². The van der Waals surface area contributed by atoms with Gasteiger partial charge in [0.1, 0.15) is 5.36 Å². The number of fused-ring (bicyclic) bond motifs is 1. The first-order valence-corrected chi connectivity index (χ1v) is 19.0. The third-order valence-electron chi connectivity index (χ3n) is 9.98. The van der Waals surface area contributed by atoms with Crippen LogP contribution in [-0.4, -0.2) is 11.6 Å². The van der Waals surface area contributed by atoms with E-state index >= 15 is 0 Å². The monoisotopic (exact) mass is 730 g/mol. The Kier molecular flexibility index (Phi) is 9.65. The van der Waals surface area contributed by atoms with Crippen LogP contribution in [0.4, 0.5) is 45.5 Å². The maximum absolute atomic E-state index is 7.14. The van der Waals surface area contributed by atoms with Crippen LogP contribution < -0.4 is 31.8 Å². The van der Waals surface area contributed by atoms with Crippen molar-refractivity contribution in [2.75, 3.05) is 27.8 Å². The van der Waals surface area contributed by atoms with Gasteiger partial charge in [0.15, 0.2) is 0 Å². The van der Waals surface area contributed by atoms with Crippen LogP contribution in [0.5, 0.6) is 0 Å². The lowest BCUT2D eigenvalue weighted by atomic mass is 9.92. The normalized spacial score (nSPS) is 12.2. The Balaban J connectivity index is 1.27. The highest BCUT2D eigenvalue weighted by atomic mass is 15.5. The topological polar surface area (TPSA) is 74.1 Å². The summed E-state index contributed by atoms with van der Waals surface area (Å²) in [5, 5.41) is 8.98. The van der Waals surface area contributed by atoms with Crippen molar-refractivity contribution in [3.63, 3.8) is 0 Å². The van der Waals surface area contributed by atoms with Crippen LogP contribution in [0.3, 0.4) is 0 Å². The van der Waals surface area contributed by atoms with Crippen LogP contribution in [0.25, 0.3) is 28.0 Å². The summed E-state index contributed by atoms with van der Waals surface area (Å²) in [6, 6.07) is 58.6. The number of benzene rings is 7. The molecule has 0 atom stereocenters. The van der Waals surface area contributed by atoms with E-state index in [0.29, 0.717) is 11.4 Å². The van der Waals surface area contributed by atoms with E-state index in [1.165, 1.54) is 0 Å². The molecule has 0 aliphatic carbocycles. The maximum atomic E-state index is 7.14. The highest BCUT2D eigenvalue weighted by molar-refractivity contribution is 5.95. The molecule has 6 heteroatoms. The largest absolute Gasteiger partial charge is 0.396 e. The number of nitrogen functional groups attached to an aromatic ring is 2. The van der Waals surface area contributed by atoms with Crippen molar-refractivity contribution in [1.29, 1.82) is 0 Å². The van der Waals surface area contributed by atoms with E-state index in [2.05, 4.69) is 189 Å². The number of hydrogen-bond acceptors (Lipinski definition) is 6. The summed E-state index contributed by atoms with van der Waals surface area (Å²) in [6.45, 7) is 9.43. The van der Waals surface area contributed by atoms with E-state index < -0.39 is 0 Å². The van der Waals surface area contributed by atoms with Gasteiger partial charge in [0.2, 0.25) is 0 Å². The molecule has 0 aromatic heterocycles. The number of para-hydroxylation sites is 4. The minimum atomic E-state index is -0.00845. The summed E-state index contributed by atoms with van der Waals surface area (Å²) in [7, 11) is 0. The average molecular weight is 731 g/mol. The van der Waals surface area contributed by atoms with Crippen LogP contribution in [0.1, 0.15) is 27.7 Å². The van der Waals surface area contributed by atoms with Gasteiger partial charge >= 0.3 is 0 Å². The zero-order valence-electron chi connectivity index (χ0n) is 32.3. The highest BCUT2D eigenvalue weighted by Crippen LogP contribution is 2.39. The molecule has 0 spiro atoms. The van der Waals surface area contributed by atoms with Gasteiger partial charge in [-0.05, 0) is 96.3 Å². The molecule has 0 saturated carbocycles. The number of allylic oxidation sites excluding steroid dienone is 1. The van der Waals surface area contributed by atoms with Crippen molar-refractivity contribution in [2.24, 2.45) is 10.5 Å². The van der Waals surface area contributed by atoms with Crippen LogP contribution in [0.15, 0.2) is 181 Å². The Hall–Kier alpha value is -7.01. The molecule has 4 N–H and O–H groups in total. The van der Waals surface area contributed by atoms with Gasteiger partial charge in [-0.15, -0.1) is 0 Å². The first-order chi connectivity index (χ1) is 27.2. The third-order valence-corrected chi connectivity index (χ3v) is 9.98. The van der Waals surface area contributed by atoms with E-state index in [1.54, 1.807) is 0 Å². The van der Waals surface area contributed by atoms with Gasteiger partial charge in [-0.1, -0.05) is 124 Å². The lowest BCUT2D eigenvalue weighted by Gasteiger charge is -2.29. The highest BCUT2D eigenvalue weighted by Gasteiger charge is 2.24. The fourth-order valence-electron chi connectivity index (χ4n) is 7.39. The molecule has 0 bridgehead atoms. The predicted molar refractivity (Wildman–Crippen MR) is 235 cm³/mol. The second kappa shape index (κ2) is 15.0. The van der Waals surface area contributed by atoms with Crippen LogP contribution in [-0.2, 0) is 0 Å². The molecule has 0 radical (unpaired) electrons. The summed E-state index contributed by atoms with van der Waals surface area (Å²) in [4.78, 5) is 4.49. The fraction of sp³-hybridized carbons (Fsp3) is 0.120. The van der Waals surface area contributed by atoms with Gasteiger partial charge in [-0.2, -0.15) is 5.10 Å². The Morgan fingerprint density at radius 3 is 1.21 bits per heavy atom. The third kappa shape index (κ3) is 7.14. The summed E-state index contributed by atoms with van der Waals surface area (Å²) in [5.41, 5.74) is 29.8. The number of rotatable bonds is 9. The molecule has 0 amide bonds. The molecule has 6 nitrogen and oxygen atoms in total. The minimum absolute atomic E-state index is 0.00845. The smallest absolute Gasteiger partial charge is 0.109 e. The molecule has 1 aliphatic rings. The zero-order chi connectivity index (χ0) is 38.8. The quantitative estimate of drug-likeness (QED) is 0.145. The van der Waals surface area contributed by atoms with Gasteiger partial charge in [0.25, 0.3) is 0 Å². The van der Waals surface area contributed by atoms with Gasteiger partial charge < -0.3 is 21.3 Å². The SMILES string of the molecule is CC1=C=c2c(-c3ccc(N(c4ccccc4)c4ccccc4)cc3)c(N)c(N)c(-c3ccc(N(c4ccccc4)c4ccccc4)cc3)c2=NN1CC(C)(C)C. The van der Waals surface area contributed by atoms with Crippen LogP contribution >= 0.6 is 0 Å². The Morgan fingerprint density at radius 2 is 0.839 bits per heavy atom. The summed E-state index contributed by atoms with van der Waals surface area (Å²) >= 11 is 0. The number of hydrogen-bond donors (Lipinski definition) is 2. The molecular formula is C50H46N6. The average Bonchev–Trinajstić information content (AvgIpc) is 3.21. The number of nitrogens with two attached hydrogens (primary N) is 2. The van der Waals surface area contributed by atoms with E-state index in [1.807, 2.05) is 29.3 Å². The summed E-state index contributed by atoms with van der Waals surface area (Å²) in [6.07, 6.45) is 0. The van der Waals surface area contributed by atoms with Crippen molar-refractivity contribution in [2.45, 2.75) is 27.7 Å². The molecular weight excluding hydrogens is 685 g/mol. The van der Waals surface area contributed by atoms with Gasteiger partial charge in [-0.3, -0.25) is 5.01 Å². The lowest BCUT2D eigenvalue weighted by molar-refractivity contribution is 0.236. The number of anilines is 8. The lowest BCUT2D eigenvalue weighted by Crippen LogP contribution is -2.39. The minimum Gasteiger partial charge on any atom is -0.396 e. The second-order valence-corrected chi connectivity index (χ2v) is 15.3. The molecule has 1 aliphatic heterocycles. The molecule has 0 saturated heterocycles. The fourth-order valence-corrected chi connectivity index (χ4v) is 7.39. The Morgan fingerprint density at radius 1 is 0.500 bits per heavy atom. The molecule has 1 heterocycles. The van der Waals surface area contributed by atoms with E-state index in [9.17, 15) is 0 Å². The molecule has 7 aromatic rings. The van der Waals surface area contributed by atoms with Gasteiger partial charge in [0.05, 0.1) is 22.3 Å². The van der Waals surface area contributed by atoms with E-state index in [-0.39, 0.29) is 5.41 Å². The maximum Gasteiger partial charge on any atom is 0.109 e. The van der Waals surface area contributed by atoms with Gasteiger partial charge in [-0.25, -0.2) is 0 Å². The summed E-state index contributed by atoms with van der Waals surface area (Å²) < 4.78 is 0. The first kappa shape index (κ1) is 36.0. The first-order valence-electron chi connectivity index (χ1n) is 19.0.